The number of halogens is 3. The highest BCUT2D eigenvalue weighted by molar-refractivity contribution is 5.97. The molecular weight excluding hydrogens is 649 g/mol. The third-order valence-corrected chi connectivity index (χ3v) is 8.71. The van der Waals surface area contributed by atoms with Crippen LogP contribution >= 0.6 is 0 Å². The van der Waals surface area contributed by atoms with Gasteiger partial charge >= 0.3 is 12.1 Å². The van der Waals surface area contributed by atoms with Crippen molar-refractivity contribution in [2.24, 2.45) is 5.92 Å². The van der Waals surface area contributed by atoms with Crippen LogP contribution in [0.4, 0.5) is 18.9 Å². The fourth-order valence-electron chi connectivity index (χ4n) is 5.86. The second kappa shape index (κ2) is 15.8. The van der Waals surface area contributed by atoms with E-state index in [1.165, 1.54) is 66.8 Å². The molecule has 4 aromatic rings. The molecule has 2 N–H and O–H groups in total. The number of nitrogens with zero attached hydrogens (tertiary/aromatic N) is 3. The lowest BCUT2D eigenvalue weighted by Gasteiger charge is -2.21. The maximum absolute atomic E-state index is 13.5. The van der Waals surface area contributed by atoms with E-state index in [1.54, 1.807) is 12.1 Å². The van der Waals surface area contributed by atoms with Crippen molar-refractivity contribution in [3.05, 3.63) is 113 Å². The van der Waals surface area contributed by atoms with Crippen LogP contribution in [0.3, 0.4) is 0 Å². The number of methoxy groups -OCH3 is 1. The number of carboxylic acid groups (broad SMARTS) is 1. The van der Waals surface area contributed by atoms with Gasteiger partial charge in [0.25, 0.3) is 5.91 Å². The Bertz CT molecular complexity index is 1860. The number of carboxylic acids is 1. The molecule has 1 aromatic heterocycles. The van der Waals surface area contributed by atoms with E-state index in [0.29, 0.717) is 11.4 Å². The van der Waals surface area contributed by atoms with Crippen molar-refractivity contribution in [3.63, 3.8) is 0 Å². The van der Waals surface area contributed by atoms with E-state index < -0.39 is 42.5 Å². The second-order valence-electron chi connectivity index (χ2n) is 12.1. The number of rotatable bonds is 12. The molecule has 50 heavy (non-hydrogen) atoms. The third-order valence-electron chi connectivity index (χ3n) is 8.71. The molecule has 5 rings (SSSR count). The van der Waals surface area contributed by atoms with Crippen molar-refractivity contribution in [1.82, 2.24) is 14.9 Å². The van der Waals surface area contributed by atoms with Crippen LogP contribution in [0.25, 0.3) is 17.0 Å². The molecule has 0 saturated heterocycles. The molecule has 12 heteroatoms. The van der Waals surface area contributed by atoms with Gasteiger partial charge in [-0.05, 0) is 78.3 Å². The molecule has 0 saturated carbocycles. The van der Waals surface area contributed by atoms with E-state index in [2.05, 4.69) is 28.3 Å². The first kappa shape index (κ1) is 35.8. The first-order chi connectivity index (χ1) is 23.9. The fraction of sp³-hybridized carbons (Fsp3) is 0.289. The van der Waals surface area contributed by atoms with Gasteiger partial charge in [-0.25, -0.2) is 9.97 Å². The summed E-state index contributed by atoms with van der Waals surface area (Å²) in [6.45, 7) is 1.68. The SMILES string of the molecule is CCC1CC=C(c2cnc(-c3ccc(CN(CC(=O)O)C(=O)c4ccc(NC(=O)Cc5ccc(OC)cc5C(F)(F)F)cc4)cc3)nc2)CC1. The molecule has 1 atom stereocenters. The predicted molar refractivity (Wildman–Crippen MR) is 182 cm³/mol. The zero-order valence-corrected chi connectivity index (χ0v) is 27.7. The van der Waals surface area contributed by atoms with Gasteiger partial charge in [-0.3, -0.25) is 14.4 Å². The first-order valence-corrected chi connectivity index (χ1v) is 16.2. The van der Waals surface area contributed by atoms with Crippen LogP contribution in [0, 0.1) is 5.92 Å². The zero-order chi connectivity index (χ0) is 35.8. The number of amides is 2. The first-order valence-electron chi connectivity index (χ1n) is 16.2. The quantitative estimate of drug-likeness (QED) is 0.157. The van der Waals surface area contributed by atoms with Crippen molar-refractivity contribution in [2.45, 2.75) is 51.7 Å². The highest BCUT2D eigenvalue weighted by Gasteiger charge is 2.34. The fourth-order valence-corrected chi connectivity index (χ4v) is 5.86. The van der Waals surface area contributed by atoms with Gasteiger partial charge in [0.1, 0.15) is 12.3 Å². The van der Waals surface area contributed by atoms with Gasteiger partial charge in [-0.2, -0.15) is 13.2 Å². The minimum atomic E-state index is -4.68. The van der Waals surface area contributed by atoms with E-state index in [1.807, 2.05) is 24.5 Å². The summed E-state index contributed by atoms with van der Waals surface area (Å²) in [5.74, 6) is -1.13. The number of ether oxygens (including phenoxy) is 1. The van der Waals surface area contributed by atoms with E-state index in [9.17, 15) is 32.7 Å². The molecule has 9 nitrogen and oxygen atoms in total. The van der Waals surface area contributed by atoms with E-state index in [4.69, 9.17) is 4.74 Å². The number of alkyl halides is 3. The van der Waals surface area contributed by atoms with Gasteiger partial charge in [0.05, 0.1) is 19.1 Å². The van der Waals surface area contributed by atoms with Crippen molar-refractivity contribution < 1.29 is 37.4 Å². The second-order valence-corrected chi connectivity index (χ2v) is 12.1. The lowest BCUT2D eigenvalue weighted by Crippen LogP contribution is -2.35. The Hall–Kier alpha value is -5.52. The van der Waals surface area contributed by atoms with Crippen molar-refractivity contribution in [1.29, 1.82) is 0 Å². The van der Waals surface area contributed by atoms with Gasteiger partial charge < -0.3 is 20.1 Å². The molecule has 1 aliphatic rings. The van der Waals surface area contributed by atoms with Gasteiger partial charge in [-0.1, -0.05) is 49.8 Å². The third kappa shape index (κ3) is 9.13. The highest BCUT2D eigenvalue weighted by Crippen LogP contribution is 2.35. The minimum Gasteiger partial charge on any atom is -0.497 e. The Morgan fingerprint density at radius 1 is 0.980 bits per heavy atom. The number of aromatic nitrogens is 2. The van der Waals surface area contributed by atoms with Gasteiger partial charge in [-0.15, -0.1) is 0 Å². The van der Waals surface area contributed by atoms with Crippen LogP contribution < -0.4 is 10.1 Å². The summed E-state index contributed by atoms with van der Waals surface area (Å²) < 4.78 is 45.5. The van der Waals surface area contributed by atoms with Crippen molar-refractivity contribution in [2.75, 3.05) is 19.0 Å². The summed E-state index contributed by atoms with van der Waals surface area (Å²) in [6.07, 6.45) is 5.17. The summed E-state index contributed by atoms with van der Waals surface area (Å²) in [4.78, 5) is 47.9. The Labute approximate surface area is 287 Å². The maximum atomic E-state index is 13.5. The molecule has 0 spiro atoms. The maximum Gasteiger partial charge on any atom is 0.416 e. The lowest BCUT2D eigenvalue weighted by molar-refractivity contribution is -0.139. The number of carbonyl (C=O) groups excluding carboxylic acids is 2. The molecule has 1 unspecified atom stereocenters. The van der Waals surface area contributed by atoms with E-state index in [0.717, 1.165) is 36.0 Å². The summed E-state index contributed by atoms with van der Waals surface area (Å²) in [5.41, 5.74) is 2.99. The molecule has 0 aliphatic heterocycles. The van der Waals surface area contributed by atoms with Crippen LogP contribution in [0.1, 0.15) is 65.2 Å². The average molecular weight is 687 g/mol. The van der Waals surface area contributed by atoms with Crippen LogP contribution in [0.15, 0.2) is 85.2 Å². The molecule has 0 bridgehead atoms. The van der Waals surface area contributed by atoms with Crippen molar-refractivity contribution >= 4 is 29.0 Å². The molecule has 0 radical (unpaired) electrons. The number of hydrogen-bond acceptors (Lipinski definition) is 6. The lowest BCUT2D eigenvalue weighted by atomic mass is 9.86. The van der Waals surface area contributed by atoms with Crippen molar-refractivity contribution in [3.8, 4) is 17.1 Å². The van der Waals surface area contributed by atoms with Gasteiger partial charge in [0.15, 0.2) is 5.82 Å². The van der Waals surface area contributed by atoms with Crippen LogP contribution in [-0.4, -0.2) is 51.4 Å². The Morgan fingerprint density at radius 2 is 1.68 bits per heavy atom. The number of allylic oxidation sites excluding steroid dienone is 2. The zero-order valence-electron chi connectivity index (χ0n) is 27.7. The Kier molecular flexibility index (Phi) is 11.3. The average Bonchev–Trinajstić information content (AvgIpc) is 3.11. The normalized spacial score (nSPS) is 14.4. The van der Waals surface area contributed by atoms with Gasteiger partial charge in [0, 0.05) is 41.3 Å². The standard InChI is InChI=1S/C38H37F3N4O5/c1-3-24-4-8-26(9-5-24)30-20-42-36(43-21-30)27-10-6-25(7-11-27)22-45(23-35(47)48)37(49)28-12-15-31(16-13-28)44-34(46)18-29-14-17-32(50-2)19-33(29)38(39,40)41/h6-8,10-17,19-21,24H,3-5,9,18,22-23H2,1-2H3,(H,44,46)(H,47,48). The number of benzene rings is 3. The summed E-state index contributed by atoms with van der Waals surface area (Å²) in [5, 5.41) is 12.1. The number of nitrogens with one attached hydrogen (secondary N) is 1. The molecule has 1 heterocycles. The molecule has 0 fully saturated rings. The van der Waals surface area contributed by atoms with Crippen LogP contribution in [-0.2, 0) is 28.7 Å². The van der Waals surface area contributed by atoms with Crippen LogP contribution in [0.5, 0.6) is 5.75 Å². The summed E-state index contributed by atoms with van der Waals surface area (Å²) in [6, 6.07) is 16.3. The minimum absolute atomic E-state index is 0.0139. The van der Waals surface area contributed by atoms with Crippen LogP contribution in [0.2, 0.25) is 0 Å². The molecule has 260 valence electrons. The number of carbonyl (C=O) groups is 3. The predicted octanol–water partition coefficient (Wildman–Crippen LogP) is 7.67. The number of anilines is 1. The largest absolute Gasteiger partial charge is 0.497 e. The Morgan fingerprint density at radius 3 is 2.26 bits per heavy atom. The Balaban J connectivity index is 1.21. The topological polar surface area (TPSA) is 122 Å². The molecule has 2 amide bonds. The van der Waals surface area contributed by atoms with Gasteiger partial charge in [0.2, 0.25) is 5.91 Å². The highest BCUT2D eigenvalue weighted by atomic mass is 19.4. The molecule has 1 aliphatic carbocycles. The number of aliphatic carboxylic acids is 1. The summed E-state index contributed by atoms with van der Waals surface area (Å²) >= 11 is 0. The summed E-state index contributed by atoms with van der Waals surface area (Å²) in [7, 11) is 1.25. The van der Waals surface area contributed by atoms with E-state index >= 15 is 0 Å². The monoisotopic (exact) mass is 686 g/mol. The van der Waals surface area contributed by atoms with E-state index in [-0.39, 0.29) is 29.1 Å². The smallest absolute Gasteiger partial charge is 0.416 e. The number of hydrogen-bond donors (Lipinski definition) is 2. The molecular formula is C38H37F3N4O5. The molecule has 3 aromatic carbocycles.